The van der Waals surface area contributed by atoms with Gasteiger partial charge < -0.3 is 9.47 Å². The van der Waals surface area contributed by atoms with Crippen molar-refractivity contribution in [1.29, 1.82) is 0 Å². The predicted octanol–water partition coefficient (Wildman–Crippen LogP) is 1.90. The molecular weight excluding hydrogens is 206 g/mol. The van der Waals surface area contributed by atoms with E-state index in [-0.39, 0.29) is 6.23 Å². The topological polar surface area (TPSA) is 38.8 Å². The highest BCUT2D eigenvalue weighted by Crippen LogP contribution is 2.09. The molecule has 0 radical (unpaired) electrons. The summed E-state index contributed by atoms with van der Waals surface area (Å²) in [7, 11) is 4.59. The van der Waals surface area contributed by atoms with Crippen molar-refractivity contribution < 1.29 is 14.3 Å². The molecule has 0 bridgehead atoms. The zero-order valence-corrected chi connectivity index (χ0v) is 9.84. The van der Waals surface area contributed by atoms with Crippen molar-refractivity contribution in [2.45, 2.75) is 12.6 Å². The van der Waals surface area contributed by atoms with E-state index in [1.54, 1.807) is 14.2 Å². The fourth-order valence-electron chi connectivity index (χ4n) is 1.46. The van der Waals surface area contributed by atoms with Gasteiger partial charge in [-0.25, -0.2) is 4.79 Å². The van der Waals surface area contributed by atoms with Crippen LogP contribution >= 0.6 is 0 Å². The minimum absolute atomic E-state index is 0.310. The Morgan fingerprint density at radius 2 is 1.94 bits per heavy atom. The van der Waals surface area contributed by atoms with Gasteiger partial charge in [0.25, 0.3) is 0 Å². The van der Waals surface area contributed by atoms with E-state index in [0.717, 1.165) is 5.56 Å². The van der Waals surface area contributed by atoms with E-state index in [0.29, 0.717) is 6.42 Å². The van der Waals surface area contributed by atoms with Gasteiger partial charge in [0.1, 0.15) is 6.23 Å². The molecule has 0 aliphatic rings. The Bertz CT molecular complexity index is 326. The summed E-state index contributed by atoms with van der Waals surface area (Å²) in [5.41, 5.74) is 1.12. The Morgan fingerprint density at radius 1 is 1.31 bits per heavy atom. The van der Waals surface area contributed by atoms with Crippen molar-refractivity contribution in [3.05, 3.63) is 35.9 Å². The van der Waals surface area contributed by atoms with E-state index in [1.165, 1.54) is 12.0 Å². The normalized spacial score (nSPS) is 11.9. The lowest BCUT2D eigenvalue weighted by molar-refractivity contribution is -0.0121. The fourth-order valence-corrected chi connectivity index (χ4v) is 1.46. The minimum atomic E-state index is -0.400. The molecule has 0 aliphatic carbocycles. The molecule has 0 N–H and O–H groups in total. The van der Waals surface area contributed by atoms with Gasteiger partial charge in [0.15, 0.2) is 0 Å². The Morgan fingerprint density at radius 3 is 2.44 bits per heavy atom. The zero-order chi connectivity index (χ0) is 12.0. The Balaban J connectivity index is 2.65. The average Bonchev–Trinajstić information content (AvgIpc) is 2.35. The van der Waals surface area contributed by atoms with Gasteiger partial charge in [0.2, 0.25) is 0 Å². The Kier molecular flexibility index (Phi) is 4.79. The lowest BCUT2D eigenvalue weighted by Crippen LogP contribution is -2.39. The molecule has 0 aliphatic heterocycles. The summed E-state index contributed by atoms with van der Waals surface area (Å²) in [6.45, 7) is 0. The Hall–Kier alpha value is -1.55. The first-order valence-electron chi connectivity index (χ1n) is 5.06. The molecule has 0 aromatic heterocycles. The minimum Gasteiger partial charge on any atom is -0.453 e. The van der Waals surface area contributed by atoms with Crippen LogP contribution in [0.4, 0.5) is 4.79 Å². The van der Waals surface area contributed by atoms with Crippen LogP contribution in [-0.2, 0) is 15.9 Å². The molecule has 4 heteroatoms. The zero-order valence-electron chi connectivity index (χ0n) is 9.84. The van der Waals surface area contributed by atoms with Gasteiger partial charge in [0, 0.05) is 20.6 Å². The summed E-state index contributed by atoms with van der Waals surface area (Å²) >= 11 is 0. The van der Waals surface area contributed by atoms with E-state index in [4.69, 9.17) is 4.74 Å². The lowest BCUT2D eigenvalue weighted by Gasteiger charge is -2.25. The predicted molar refractivity (Wildman–Crippen MR) is 61.1 cm³/mol. The molecule has 1 rings (SSSR count). The van der Waals surface area contributed by atoms with Gasteiger partial charge in [-0.15, -0.1) is 0 Å². The van der Waals surface area contributed by atoms with Crippen LogP contribution in [0.2, 0.25) is 0 Å². The number of benzene rings is 1. The van der Waals surface area contributed by atoms with Crippen LogP contribution in [0, 0.1) is 0 Å². The van der Waals surface area contributed by atoms with Gasteiger partial charge in [-0.3, -0.25) is 4.90 Å². The summed E-state index contributed by atoms with van der Waals surface area (Å²) in [4.78, 5) is 12.8. The quantitative estimate of drug-likeness (QED) is 0.732. The first-order valence-corrected chi connectivity index (χ1v) is 5.06. The van der Waals surface area contributed by atoms with E-state index in [2.05, 4.69) is 4.74 Å². The molecule has 1 atom stereocenters. The fraction of sp³-hybridized carbons (Fsp3) is 0.417. The monoisotopic (exact) mass is 223 g/mol. The molecule has 1 aromatic carbocycles. The molecule has 88 valence electrons. The standard InChI is InChI=1S/C12H17NO3/c1-13(12(14)16-3)11(15-2)9-10-7-5-4-6-8-10/h4-8,11H,9H2,1-3H3. The molecular formula is C12H17NO3. The number of hydrogen-bond acceptors (Lipinski definition) is 3. The van der Waals surface area contributed by atoms with Crippen molar-refractivity contribution in [3.63, 3.8) is 0 Å². The number of hydrogen-bond donors (Lipinski definition) is 0. The van der Waals surface area contributed by atoms with E-state index in [9.17, 15) is 4.79 Å². The van der Waals surface area contributed by atoms with Crippen LogP contribution in [0.15, 0.2) is 30.3 Å². The maximum absolute atomic E-state index is 11.3. The molecule has 4 nitrogen and oxygen atoms in total. The van der Waals surface area contributed by atoms with Crippen molar-refractivity contribution >= 4 is 6.09 Å². The van der Waals surface area contributed by atoms with E-state index < -0.39 is 6.09 Å². The molecule has 0 heterocycles. The molecule has 16 heavy (non-hydrogen) atoms. The van der Waals surface area contributed by atoms with Crippen molar-refractivity contribution in [2.24, 2.45) is 0 Å². The SMILES string of the molecule is COC(=O)N(C)C(Cc1ccccc1)OC. The van der Waals surface area contributed by atoms with E-state index >= 15 is 0 Å². The van der Waals surface area contributed by atoms with Gasteiger partial charge in [0.05, 0.1) is 7.11 Å². The summed E-state index contributed by atoms with van der Waals surface area (Å²) in [5, 5.41) is 0. The number of ether oxygens (including phenoxy) is 2. The second-order valence-corrected chi connectivity index (χ2v) is 3.46. The molecule has 0 spiro atoms. The smallest absolute Gasteiger partial charge is 0.411 e. The van der Waals surface area contributed by atoms with Crippen LogP contribution in [0.25, 0.3) is 0 Å². The van der Waals surface area contributed by atoms with E-state index in [1.807, 2.05) is 30.3 Å². The summed E-state index contributed by atoms with van der Waals surface area (Å²) in [6, 6.07) is 9.87. The second-order valence-electron chi connectivity index (χ2n) is 3.46. The lowest BCUT2D eigenvalue weighted by atomic mass is 10.1. The average molecular weight is 223 g/mol. The number of likely N-dealkylation sites (N-methyl/N-ethyl adjacent to an activating group) is 1. The maximum atomic E-state index is 11.3. The molecule has 1 aromatic rings. The highest BCUT2D eigenvalue weighted by atomic mass is 16.6. The van der Waals surface area contributed by atoms with Crippen LogP contribution in [0.5, 0.6) is 0 Å². The molecule has 0 fully saturated rings. The van der Waals surface area contributed by atoms with Gasteiger partial charge in [-0.05, 0) is 5.56 Å². The van der Waals surface area contributed by atoms with Gasteiger partial charge in [-0.2, -0.15) is 0 Å². The van der Waals surface area contributed by atoms with Crippen LogP contribution in [-0.4, -0.2) is 38.5 Å². The Labute approximate surface area is 95.8 Å². The van der Waals surface area contributed by atoms with Crippen LogP contribution in [0.1, 0.15) is 5.56 Å². The summed E-state index contributed by atoms with van der Waals surface area (Å²) < 4.78 is 9.90. The maximum Gasteiger partial charge on any atom is 0.411 e. The highest BCUT2D eigenvalue weighted by Gasteiger charge is 2.19. The van der Waals surface area contributed by atoms with Gasteiger partial charge >= 0.3 is 6.09 Å². The van der Waals surface area contributed by atoms with Crippen molar-refractivity contribution in [3.8, 4) is 0 Å². The third kappa shape index (κ3) is 3.24. The molecule has 1 unspecified atom stereocenters. The number of carbonyl (C=O) groups excluding carboxylic acids is 1. The van der Waals surface area contributed by atoms with Crippen LogP contribution in [0.3, 0.4) is 0 Å². The second kappa shape index (κ2) is 6.12. The number of nitrogens with zero attached hydrogens (tertiary/aromatic N) is 1. The largest absolute Gasteiger partial charge is 0.453 e. The van der Waals surface area contributed by atoms with Crippen LogP contribution < -0.4 is 0 Å². The number of amides is 1. The van der Waals surface area contributed by atoms with Crippen molar-refractivity contribution in [1.82, 2.24) is 4.90 Å². The molecule has 0 saturated carbocycles. The third-order valence-corrected chi connectivity index (χ3v) is 2.42. The first kappa shape index (κ1) is 12.5. The number of methoxy groups -OCH3 is 2. The highest BCUT2D eigenvalue weighted by molar-refractivity contribution is 5.67. The first-order chi connectivity index (χ1) is 7.69. The van der Waals surface area contributed by atoms with Gasteiger partial charge in [-0.1, -0.05) is 30.3 Å². The summed E-state index contributed by atoms with van der Waals surface area (Å²) in [5.74, 6) is 0. The number of carbonyl (C=O) groups is 1. The summed E-state index contributed by atoms with van der Waals surface area (Å²) in [6.07, 6.45) is -0.0687. The number of rotatable bonds is 4. The van der Waals surface area contributed by atoms with Crippen molar-refractivity contribution in [2.75, 3.05) is 21.3 Å². The third-order valence-electron chi connectivity index (χ3n) is 2.42. The molecule has 1 amide bonds. The molecule has 0 saturated heterocycles.